The van der Waals surface area contributed by atoms with Crippen LogP contribution in [0.3, 0.4) is 0 Å². The van der Waals surface area contributed by atoms with Gasteiger partial charge in [0.05, 0.1) is 24.8 Å². The van der Waals surface area contributed by atoms with E-state index in [1.807, 2.05) is 32.0 Å². The number of rotatable bonds is 10. The third-order valence-electron chi connectivity index (χ3n) is 5.54. The molecule has 3 rings (SSSR count). The molecular weight excluding hydrogens is 452 g/mol. The zero-order valence-corrected chi connectivity index (χ0v) is 20.7. The molecule has 3 aromatic carbocycles. The number of ether oxygens (including phenoxy) is 2. The fourth-order valence-corrected chi connectivity index (χ4v) is 5.18. The van der Waals surface area contributed by atoms with Gasteiger partial charge in [0.25, 0.3) is 10.0 Å². The Hall–Kier alpha value is -3.52. The molecule has 180 valence electrons. The number of nitrogens with one attached hydrogen (secondary N) is 1. The number of aryl methyl sites for hydroxylation is 2. The highest BCUT2D eigenvalue weighted by Gasteiger charge is 2.30. The zero-order valence-electron chi connectivity index (χ0n) is 19.9. The van der Waals surface area contributed by atoms with Crippen molar-refractivity contribution in [3.05, 3.63) is 77.9 Å². The summed E-state index contributed by atoms with van der Waals surface area (Å²) in [6, 6.07) is 18.7. The molecule has 0 fully saturated rings. The van der Waals surface area contributed by atoms with Crippen molar-refractivity contribution < 1.29 is 22.7 Å². The molecule has 0 aliphatic rings. The first-order chi connectivity index (χ1) is 16.3. The normalized spacial score (nSPS) is 11.1. The van der Waals surface area contributed by atoms with E-state index in [1.54, 1.807) is 36.4 Å². The van der Waals surface area contributed by atoms with Crippen LogP contribution in [-0.4, -0.2) is 35.1 Å². The number of nitrogens with zero attached hydrogens (tertiary/aromatic N) is 1. The summed E-state index contributed by atoms with van der Waals surface area (Å²) in [4.78, 5) is 13.3. The SMILES string of the molecule is CCc1cccc(CC)c1NC(=O)CN(c1ccc(OC)cc1OC)S(=O)(=O)c1ccccc1. The van der Waals surface area contributed by atoms with E-state index in [1.165, 1.54) is 26.4 Å². The van der Waals surface area contributed by atoms with Gasteiger partial charge in [0, 0.05) is 11.8 Å². The quantitative estimate of drug-likeness (QED) is 0.454. The number of carbonyl (C=O) groups excluding carboxylic acids is 1. The lowest BCUT2D eigenvalue weighted by atomic mass is 10.0. The average Bonchev–Trinajstić information content (AvgIpc) is 2.87. The Morgan fingerprint density at radius 1 is 0.882 bits per heavy atom. The number of carbonyl (C=O) groups is 1. The lowest BCUT2D eigenvalue weighted by Crippen LogP contribution is -2.38. The maximum Gasteiger partial charge on any atom is 0.264 e. The molecule has 3 aromatic rings. The van der Waals surface area contributed by atoms with E-state index in [9.17, 15) is 13.2 Å². The number of methoxy groups -OCH3 is 2. The minimum atomic E-state index is -4.07. The molecule has 0 saturated carbocycles. The van der Waals surface area contributed by atoms with Crippen LogP contribution in [0.4, 0.5) is 11.4 Å². The van der Waals surface area contributed by atoms with Crippen LogP contribution in [0.25, 0.3) is 0 Å². The van der Waals surface area contributed by atoms with Gasteiger partial charge >= 0.3 is 0 Å². The predicted octanol–water partition coefficient (Wildman–Crippen LogP) is 4.66. The molecule has 34 heavy (non-hydrogen) atoms. The van der Waals surface area contributed by atoms with Gasteiger partial charge < -0.3 is 14.8 Å². The summed E-state index contributed by atoms with van der Waals surface area (Å²) in [5.41, 5.74) is 2.96. The van der Waals surface area contributed by atoms with Gasteiger partial charge in [0.15, 0.2) is 0 Å². The first-order valence-electron chi connectivity index (χ1n) is 11.1. The Labute approximate surface area is 201 Å². The first kappa shape index (κ1) is 25.1. The van der Waals surface area contributed by atoms with Gasteiger partial charge in [-0.25, -0.2) is 8.42 Å². The van der Waals surface area contributed by atoms with Crippen LogP contribution in [0.5, 0.6) is 11.5 Å². The van der Waals surface area contributed by atoms with Gasteiger partial charge in [-0.2, -0.15) is 0 Å². The van der Waals surface area contributed by atoms with Gasteiger partial charge in [-0.3, -0.25) is 9.10 Å². The van der Waals surface area contributed by atoms with Crippen LogP contribution in [-0.2, 0) is 27.7 Å². The van der Waals surface area contributed by atoms with Crippen molar-refractivity contribution in [2.75, 3.05) is 30.4 Å². The highest BCUT2D eigenvalue weighted by molar-refractivity contribution is 7.92. The minimum absolute atomic E-state index is 0.0730. The predicted molar refractivity (Wildman–Crippen MR) is 134 cm³/mol. The van der Waals surface area contributed by atoms with E-state index < -0.39 is 22.5 Å². The van der Waals surface area contributed by atoms with Crippen molar-refractivity contribution in [1.82, 2.24) is 0 Å². The van der Waals surface area contributed by atoms with Crippen molar-refractivity contribution in [3.63, 3.8) is 0 Å². The summed E-state index contributed by atoms with van der Waals surface area (Å²) in [6.45, 7) is 3.60. The molecule has 0 unspecified atom stereocenters. The lowest BCUT2D eigenvalue weighted by Gasteiger charge is -2.26. The topological polar surface area (TPSA) is 84.9 Å². The van der Waals surface area contributed by atoms with Gasteiger partial charge in [-0.1, -0.05) is 50.2 Å². The monoisotopic (exact) mass is 482 g/mol. The molecule has 0 saturated heterocycles. The number of anilines is 2. The van der Waals surface area contributed by atoms with E-state index in [-0.39, 0.29) is 16.3 Å². The molecule has 0 aliphatic carbocycles. The van der Waals surface area contributed by atoms with Crippen molar-refractivity contribution in [3.8, 4) is 11.5 Å². The minimum Gasteiger partial charge on any atom is -0.497 e. The number of benzene rings is 3. The van der Waals surface area contributed by atoms with Crippen LogP contribution in [0.2, 0.25) is 0 Å². The molecule has 0 spiro atoms. The van der Waals surface area contributed by atoms with E-state index in [4.69, 9.17) is 9.47 Å². The van der Waals surface area contributed by atoms with E-state index >= 15 is 0 Å². The van der Waals surface area contributed by atoms with Crippen LogP contribution in [0.15, 0.2) is 71.6 Å². The highest BCUT2D eigenvalue weighted by atomic mass is 32.2. The number of para-hydroxylation sites is 1. The van der Waals surface area contributed by atoms with Crippen LogP contribution in [0.1, 0.15) is 25.0 Å². The van der Waals surface area contributed by atoms with Crippen molar-refractivity contribution in [2.24, 2.45) is 0 Å². The standard InChI is InChI=1S/C26H30N2O5S/c1-5-19-11-10-12-20(6-2)26(19)27-25(29)18-28(34(30,31)22-13-8-7-9-14-22)23-16-15-21(32-3)17-24(23)33-4/h7-17H,5-6,18H2,1-4H3,(H,27,29). The van der Waals surface area contributed by atoms with Gasteiger partial charge in [-0.05, 0) is 48.2 Å². The van der Waals surface area contributed by atoms with Crippen LogP contribution >= 0.6 is 0 Å². The molecule has 1 N–H and O–H groups in total. The van der Waals surface area contributed by atoms with Gasteiger partial charge in [0.1, 0.15) is 18.0 Å². The Kier molecular flexibility index (Phi) is 8.17. The Morgan fingerprint density at radius 2 is 1.53 bits per heavy atom. The summed E-state index contributed by atoms with van der Waals surface area (Å²) < 4.78 is 39.1. The molecule has 8 heteroatoms. The second-order valence-corrected chi connectivity index (χ2v) is 9.43. The van der Waals surface area contributed by atoms with Crippen molar-refractivity contribution in [1.29, 1.82) is 0 Å². The molecule has 0 aliphatic heterocycles. The summed E-state index contributed by atoms with van der Waals surface area (Å²) in [5.74, 6) is 0.328. The van der Waals surface area contributed by atoms with Gasteiger partial charge in [-0.15, -0.1) is 0 Å². The summed E-state index contributed by atoms with van der Waals surface area (Å²) in [6.07, 6.45) is 1.48. The molecule has 1 amide bonds. The number of sulfonamides is 1. The third-order valence-corrected chi connectivity index (χ3v) is 7.31. The number of amides is 1. The highest BCUT2D eigenvalue weighted by Crippen LogP contribution is 2.35. The smallest absolute Gasteiger partial charge is 0.264 e. The average molecular weight is 483 g/mol. The molecule has 0 radical (unpaired) electrons. The van der Waals surface area contributed by atoms with Gasteiger partial charge in [0.2, 0.25) is 5.91 Å². The summed E-state index contributed by atoms with van der Waals surface area (Å²) in [5, 5.41) is 2.95. The van der Waals surface area contributed by atoms with Crippen LogP contribution < -0.4 is 19.1 Å². The van der Waals surface area contributed by atoms with E-state index in [0.29, 0.717) is 5.75 Å². The molecule has 0 atom stereocenters. The maximum absolute atomic E-state index is 13.6. The number of hydrogen-bond donors (Lipinski definition) is 1. The molecule has 0 heterocycles. The third kappa shape index (κ3) is 5.34. The maximum atomic E-state index is 13.6. The molecular formula is C26H30N2O5S. The second-order valence-electron chi connectivity index (χ2n) is 7.57. The molecule has 0 aromatic heterocycles. The first-order valence-corrected chi connectivity index (χ1v) is 12.5. The Balaban J connectivity index is 2.05. The van der Waals surface area contributed by atoms with Crippen molar-refractivity contribution >= 4 is 27.3 Å². The Bertz CT molecular complexity index is 1220. The largest absolute Gasteiger partial charge is 0.497 e. The molecule has 0 bridgehead atoms. The van der Waals surface area contributed by atoms with E-state index in [0.717, 1.165) is 34.0 Å². The summed E-state index contributed by atoms with van der Waals surface area (Å²) in [7, 11) is -1.12. The van der Waals surface area contributed by atoms with E-state index in [2.05, 4.69) is 5.32 Å². The Morgan fingerprint density at radius 3 is 2.09 bits per heavy atom. The second kappa shape index (κ2) is 11.1. The summed E-state index contributed by atoms with van der Waals surface area (Å²) >= 11 is 0. The van der Waals surface area contributed by atoms with Crippen molar-refractivity contribution in [2.45, 2.75) is 31.6 Å². The zero-order chi connectivity index (χ0) is 24.7. The lowest BCUT2D eigenvalue weighted by molar-refractivity contribution is -0.114. The fraction of sp³-hybridized carbons (Fsp3) is 0.269. The number of hydrogen-bond acceptors (Lipinski definition) is 5. The van der Waals surface area contributed by atoms with Crippen LogP contribution in [0, 0.1) is 0 Å². The fourth-order valence-electron chi connectivity index (χ4n) is 3.72. The molecule has 7 nitrogen and oxygen atoms in total.